The van der Waals surface area contributed by atoms with Gasteiger partial charge in [0.25, 0.3) is 5.91 Å². The fraction of sp³-hybridized carbons (Fsp3) is 0.529. The lowest BCUT2D eigenvalue weighted by Gasteiger charge is -2.19. The quantitative estimate of drug-likeness (QED) is 0.737. The van der Waals surface area contributed by atoms with Crippen LogP contribution in [0.2, 0.25) is 5.02 Å². The molecular weight excluding hydrogens is 348 g/mol. The number of amides is 2. The van der Waals surface area contributed by atoms with Gasteiger partial charge in [0.15, 0.2) is 0 Å². The van der Waals surface area contributed by atoms with Crippen molar-refractivity contribution in [3.05, 3.63) is 34.9 Å². The maximum atomic E-state index is 12.4. The Bertz CT molecular complexity index is 565. The van der Waals surface area contributed by atoms with E-state index < -0.39 is 6.04 Å². The number of carbonyl (C=O) groups is 2. The molecule has 1 heterocycles. The van der Waals surface area contributed by atoms with E-state index in [0.717, 1.165) is 18.8 Å². The van der Waals surface area contributed by atoms with Crippen LogP contribution in [-0.4, -0.2) is 49.6 Å². The maximum absolute atomic E-state index is 12.4. The van der Waals surface area contributed by atoms with Crippen LogP contribution in [0.25, 0.3) is 0 Å². The van der Waals surface area contributed by atoms with Crippen LogP contribution in [-0.2, 0) is 9.53 Å². The molecule has 0 aromatic heterocycles. The van der Waals surface area contributed by atoms with Crippen LogP contribution in [0.15, 0.2) is 24.3 Å². The van der Waals surface area contributed by atoms with Crippen molar-refractivity contribution in [3.63, 3.8) is 0 Å². The number of hydrogen-bond acceptors (Lipinski definition) is 4. The predicted molar refractivity (Wildman–Crippen MR) is 97.6 cm³/mol. The van der Waals surface area contributed by atoms with Crippen molar-refractivity contribution in [2.45, 2.75) is 18.9 Å². The summed E-state index contributed by atoms with van der Waals surface area (Å²) in [5.41, 5.74) is 0.380. The number of thioether (sulfide) groups is 1. The van der Waals surface area contributed by atoms with E-state index in [1.54, 1.807) is 36.0 Å². The summed E-state index contributed by atoms with van der Waals surface area (Å²) in [6.45, 7) is 2.01. The normalized spacial score (nSPS) is 18.2. The molecule has 1 aromatic carbocycles. The van der Waals surface area contributed by atoms with E-state index in [1.165, 1.54) is 0 Å². The summed E-state index contributed by atoms with van der Waals surface area (Å²) in [7, 11) is 0. The molecule has 0 radical (unpaired) electrons. The van der Waals surface area contributed by atoms with E-state index >= 15 is 0 Å². The summed E-state index contributed by atoms with van der Waals surface area (Å²) in [5.74, 6) is 0.657. The van der Waals surface area contributed by atoms with Gasteiger partial charge in [0, 0.05) is 19.1 Å². The van der Waals surface area contributed by atoms with E-state index in [9.17, 15) is 9.59 Å². The number of benzene rings is 1. The molecule has 1 saturated heterocycles. The molecule has 2 atom stereocenters. The zero-order valence-corrected chi connectivity index (χ0v) is 15.3. The monoisotopic (exact) mass is 370 g/mol. The second-order valence-electron chi connectivity index (χ2n) is 5.76. The topological polar surface area (TPSA) is 67.4 Å². The Morgan fingerprint density at radius 2 is 2.21 bits per heavy atom. The Balaban J connectivity index is 1.94. The summed E-state index contributed by atoms with van der Waals surface area (Å²) in [4.78, 5) is 24.9. The number of ether oxygens (including phenoxy) is 1. The lowest BCUT2D eigenvalue weighted by molar-refractivity contribution is -0.123. The minimum Gasteiger partial charge on any atom is -0.381 e. The minimum absolute atomic E-state index is 0.156. The fourth-order valence-corrected chi connectivity index (χ4v) is 3.19. The van der Waals surface area contributed by atoms with Crippen LogP contribution in [0.4, 0.5) is 0 Å². The molecule has 1 aliphatic heterocycles. The molecule has 2 N–H and O–H groups in total. The van der Waals surface area contributed by atoms with Crippen molar-refractivity contribution in [3.8, 4) is 0 Å². The van der Waals surface area contributed by atoms with E-state index in [4.69, 9.17) is 16.3 Å². The van der Waals surface area contributed by atoms with Crippen molar-refractivity contribution in [1.29, 1.82) is 0 Å². The van der Waals surface area contributed by atoms with Crippen LogP contribution >= 0.6 is 23.4 Å². The summed E-state index contributed by atoms with van der Waals surface area (Å²) in [6.07, 6.45) is 3.51. The van der Waals surface area contributed by atoms with Crippen LogP contribution in [0, 0.1) is 5.92 Å². The average Bonchev–Trinajstić information content (AvgIpc) is 3.10. The standard InChI is InChI=1S/C17H23ClN2O3S/c1-24-9-7-15(17(22)19-10-12-6-8-23-11-12)20-16(21)13-4-2-3-5-14(13)18/h2-5,12,15H,6-11H2,1H3,(H,19,22)(H,20,21)/t12-,15+/m0/s1. The summed E-state index contributed by atoms with van der Waals surface area (Å²) >= 11 is 7.69. The summed E-state index contributed by atoms with van der Waals surface area (Å²) in [6, 6.07) is 6.26. The second-order valence-corrected chi connectivity index (χ2v) is 7.15. The number of hydrogen-bond donors (Lipinski definition) is 2. The third kappa shape index (κ3) is 5.69. The molecule has 24 heavy (non-hydrogen) atoms. The van der Waals surface area contributed by atoms with Crippen molar-refractivity contribution in [2.75, 3.05) is 31.8 Å². The summed E-state index contributed by atoms with van der Waals surface area (Å²) in [5, 5.41) is 6.11. The smallest absolute Gasteiger partial charge is 0.253 e. The number of nitrogens with one attached hydrogen (secondary N) is 2. The largest absolute Gasteiger partial charge is 0.381 e. The molecule has 0 bridgehead atoms. The second kappa shape index (κ2) is 9.91. The molecule has 0 aliphatic carbocycles. The number of carbonyl (C=O) groups excluding carboxylic acids is 2. The van der Waals surface area contributed by atoms with Gasteiger partial charge in [-0.3, -0.25) is 9.59 Å². The van der Waals surface area contributed by atoms with Crippen molar-refractivity contribution in [1.82, 2.24) is 10.6 Å². The van der Waals surface area contributed by atoms with Gasteiger partial charge in [-0.1, -0.05) is 23.7 Å². The van der Waals surface area contributed by atoms with Crippen molar-refractivity contribution in [2.24, 2.45) is 5.92 Å². The molecule has 2 amide bonds. The van der Waals surface area contributed by atoms with Gasteiger partial charge < -0.3 is 15.4 Å². The molecule has 0 spiro atoms. The Morgan fingerprint density at radius 1 is 1.42 bits per heavy atom. The number of halogens is 1. The molecule has 7 heteroatoms. The Kier molecular flexibility index (Phi) is 7.88. The Labute approximate surface area is 151 Å². The molecule has 1 aromatic rings. The van der Waals surface area contributed by atoms with Gasteiger partial charge in [0.2, 0.25) is 5.91 Å². The van der Waals surface area contributed by atoms with Gasteiger partial charge in [-0.15, -0.1) is 0 Å². The average molecular weight is 371 g/mol. The molecular formula is C17H23ClN2O3S. The van der Waals surface area contributed by atoms with Crippen LogP contribution in [0.3, 0.4) is 0 Å². The molecule has 0 saturated carbocycles. The highest BCUT2D eigenvalue weighted by Gasteiger charge is 2.23. The van der Waals surface area contributed by atoms with Crippen molar-refractivity contribution < 1.29 is 14.3 Å². The van der Waals surface area contributed by atoms with Crippen LogP contribution in [0.1, 0.15) is 23.2 Å². The van der Waals surface area contributed by atoms with Gasteiger partial charge in [-0.25, -0.2) is 0 Å². The third-order valence-corrected chi connectivity index (χ3v) is 4.91. The van der Waals surface area contributed by atoms with Crippen molar-refractivity contribution >= 4 is 35.2 Å². The fourth-order valence-electron chi connectivity index (χ4n) is 2.50. The zero-order chi connectivity index (χ0) is 17.4. The highest BCUT2D eigenvalue weighted by atomic mass is 35.5. The Morgan fingerprint density at radius 3 is 2.88 bits per heavy atom. The molecule has 1 fully saturated rings. The lowest BCUT2D eigenvalue weighted by Crippen LogP contribution is -2.48. The zero-order valence-electron chi connectivity index (χ0n) is 13.7. The minimum atomic E-state index is -0.566. The predicted octanol–water partition coefficient (Wildman–Crippen LogP) is 2.34. The maximum Gasteiger partial charge on any atom is 0.253 e. The lowest BCUT2D eigenvalue weighted by atomic mass is 10.1. The summed E-state index contributed by atoms with van der Waals surface area (Å²) < 4.78 is 5.31. The van der Waals surface area contributed by atoms with Crippen LogP contribution < -0.4 is 10.6 Å². The van der Waals surface area contributed by atoms with Crippen LogP contribution in [0.5, 0.6) is 0 Å². The molecule has 2 rings (SSSR count). The number of rotatable bonds is 8. The molecule has 1 aliphatic rings. The van der Waals surface area contributed by atoms with Gasteiger partial charge in [-0.05, 0) is 37.0 Å². The van der Waals surface area contributed by atoms with Gasteiger partial charge >= 0.3 is 0 Å². The molecule has 132 valence electrons. The van der Waals surface area contributed by atoms with E-state index in [0.29, 0.717) is 36.1 Å². The SMILES string of the molecule is CSCC[C@@H](NC(=O)c1ccccc1Cl)C(=O)NC[C@@H]1CCOC1. The van der Waals surface area contributed by atoms with E-state index in [1.807, 2.05) is 6.26 Å². The van der Waals surface area contributed by atoms with Gasteiger partial charge in [-0.2, -0.15) is 11.8 Å². The van der Waals surface area contributed by atoms with E-state index in [-0.39, 0.29) is 11.8 Å². The van der Waals surface area contributed by atoms with Gasteiger partial charge in [0.05, 0.1) is 17.2 Å². The first kappa shape index (κ1) is 19.1. The highest BCUT2D eigenvalue weighted by Crippen LogP contribution is 2.15. The first-order valence-corrected chi connectivity index (χ1v) is 9.78. The molecule has 5 nitrogen and oxygen atoms in total. The highest BCUT2D eigenvalue weighted by molar-refractivity contribution is 7.98. The Hall–Kier alpha value is -1.24. The third-order valence-electron chi connectivity index (χ3n) is 3.94. The van der Waals surface area contributed by atoms with E-state index in [2.05, 4.69) is 10.6 Å². The van der Waals surface area contributed by atoms with Gasteiger partial charge in [0.1, 0.15) is 6.04 Å². The first-order chi connectivity index (χ1) is 11.6. The first-order valence-electron chi connectivity index (χ1n) is 8.01. The molecule has 0 unspecified atom stereocenters.